The fourth-order valence-corrected chi connectivity index (χ4v) is 4.09. The number of rotatable bonds is 4. The highest BCUT2D eigenvalue weighted by Gasteiger charge is 2.27. The van der Waals surface area contributed by atoms with Gasteiger partial charge in [0.25, 0.3) is 0 Å². The van der Waals surface area contributed by atoms with Crippen LogP contribution in [-0.4, -0.2) is 41.1 Å². The van der Waals surface area contributed by atoms with Gasteiger partial charge in [0.2, 0.25) is 0 Å². The van der Waals surface area contributed by atoms with E-state index < -0.39 is 0 Å². The summed E-state index contributed by atoms with van der Waals surface area (Å²) < 4.78 is 0. The molecule has 4 heteroatoms. The van der Waals surface area contributed by atoms with Crippen molar-refractivity contribution in [1.82, 2.24) is 9.80 Å². The minimum atomic E-state index is 0.278. The van der Waals surface area contributed by atoms with Crippen LogP contribution >= 0.6 is 12.2 Å². The summed E-state index contributed by atoms with van der Waals surface area (Å²) in [5.74, 6) is 0. The Morgan fingerprint density at radius 2 is 1.14 bits per heavy atom. The van der Waals surface area contributed by atoms with Gasteiger partial charge >= 0.3 is 0 Å². The Morgan fingerprint density at radius 1 is 0.679 bits per heavy atom. The lowest BCUT2D eigenvalue weighted by Gasteiger charge is -2.40. The van der Waals surface area contributed by atoms with Crippen molar-refractivity contribution in [1.29, 1.82) is 0 Å². The van der Waals surface area contributed by atoms with Crippen molar-refractivity contribution in [3.05, 3.63) is 102 Å². The van der Waals surface area contributed by atoms with Crippen LogP contribution in [0.3, 0.4) is 0 Å². The number of piperazine rings is 1. The second-order valence-corrected chi connectivity index (χ2v) is 7.43. The predicted molar refractivity (Wildman–Crippen MR) is 121 cm³/mol. The van der Waals surface area contributed by atoms with Crippen LogP contribution in [0.15, 0.2) is 91.0 Å². The van der Waals surface area contributed by atoms with Crippen molar-refractivity contribution >= 4 is 23.0 Å². The maximum Gasteiger partial charge on any atom is 0.173 e. The second-order valence-electron chi connectivity index (χ2n) is 7.04. The summed E-state index contributed by atoms with van der Waals surface area (Å²) in [6, 6.07) is 32.0. The molecule has 1 N–H and O–H groups in total. The van der Waals surface area contributed by atoms with Crippen molar-refractivity contribution in [2.24, 2.45) is 0 Å². The van der Waals surface area contributed by atoms with E-state index in [-0.39, 0.29) is 6.04 Å². The summed E-state index contributed by atoms with van der Waals surface area (Å²) in [5, 5.41) is 4.17. The van der Waals surface area contributed by atoms with Crippen LogP contribution in [0.5, 0.6) is 0 Å². The Labute approximate surface area is 172 Å². The zero-order valence-corrected chi connectivity index (χ0v) is 16.7. The average Bonchev–Trinajstić information content (AvgIpc) is 2.77. The molecule has 0 atom stereocenters. The highest BCUT2D eigenvalue weighted by atomic mass is 32.1. The van der Waals surface area contributed by atoms with E-state index in [2.05, 4.69) is 75.8 Å². The number of nitrogens with zero attached hydrogens (tertiary/aromatic N) is 2. The van der Waals surface area contributed by atoms with Crippen LogP contribution < -0.4 is 5.32 Å². The molecule has 0 amide bonds. The minimum absolute atomic E-state index is 0.278. The molecule has 0 aliphatic carbocycles. The van der Waals surface area contributed by atoms with Crippen molar-refractivity contribution in [2.75, 3.05) is 31.5 Å². The van der Waals surface area contributed by atoms with Crippen LogP contribution in [0.25, 0.3) is 0 Å². The van der Waals surface area contributed by atoms with Gasteiger partial charge in [0, 0.05) is 31.9 Å². The van der Waals surface area contributed by atoms with E-state index in [0.717, 1.165) is 37.0 Å². The summed E-state index contributed by atoms with van der Waals surface area (Å²) in [6.07, 6.45) is 0. The number of nitrogens with one attached hydrogen (secondary N) is 1. The van der Waals surface area contributed by atoms with Crippen LogP contribution in [-0.2, 0) is 0 Å². The van der Waals surface area contributed by atoms with Crippen LogP contribution in [0.4, 0.5) is 5.69 Å². The lowest BCUT2D eigenvalue weighted by atomic mass is 9.96. The number of thiocarbonyl (C=S) groups is 1. The van der Waals surface area contributed by atoms with E-state index in [4.69, 9.17) is 12.2 Å². The fourth-order valence-electron chi connectivity index (χ4n) is 3.79. The Morgan fingerprint density at radius 3 is 1.64 bits per heavy atom. The lowest BCUT2D eigenvalue weighted by molar-refractivity contribution is 0.151. The van der Waals surface area contributed by atoms with Gasteiger partial charge in [-0.1, -0.05) is 78.9 Å². The number of anilines is 1. The standard InChI is InChI=1S/C24H25N3S/c28-24(25-22-14-8-3-9-15-22)27-18-16-26(17-19-27)23(20-10-4-1-5-11-20)21-12-6-2-7-13-21/h1-15,23H,16-19H2,(H,25,28). The molecule has 0 saturated carbocycles. The third-order valence-electron chi connectivity index (χ3n) is 5.22. The molecule has 1 saturated heterocycles. The summed E-state index contributed by atoms with van der Waals surface area (Å²) in [4.78, 5) is 4.83. The maximum atomic E-state index is 5.64. The number of hydrogen-bond acceptors (Lipinski definition) is 2. The first-order chi connectivity index (χ1) is 13.8. The first kappa shape index (κ1) is 18.7. The van der Waals surface area contributed by atoms with Gasteiger partial charge in [-0.25, -0.2) is 0 Å². The van der Waals surface area contributed by atoms with E-state index >= 15 is 0 Å². The summed E-state index contributed by atoms with van der Waals surface area (Å²) in [7, 11) is 0. The molecular weight excluding hydrogens is 362 g/mol. The van der Waals surface area contributed by atoms with E-state index in [1.165, 1.54) is 11.1 Å². The van der Waals surface area contributed by atoms with Crippen molar-refractivity contribution in [3.63, 3.8) is 0 Å². The van der Waals surface area contributed by atoms with Gasteiger partial charge in [-0.15, -0.1) is 0 Å². The maximum absolute atomic E-state index is 5.64. The van der Waals surface area contributed by atoms with Crippen molar-refractivity contribution in [2.45, 2.75) is 6.04 Å². The highest BCUT2D eigenvalue weighted by Crippen LogP contribution is 2.29. The van der Waals surface area contributed by atoms with Gasteiger partial charge in [-0.3, -0.25) is 4.90 Å². The largest absolute Gasteiger partial charge is 0.346 e. The first-order valence-electron chi connectivity index (χ1n) is 9.76. The monoisotopic (exact) mass is 387 g/mol. The Hall–Kier alpha value is -2.69. The Balaban J connectivity index is 1.45. The molecule has 0 spiro atoms. The molecule has 3 aromatic rings. The van der Waals surface area contributed by atoms with Crippen molar-refractivity contribution in [3.8, 4) is 0 Å². The van der Waals surface area contributed by atoms with Crippen LogP contribution in [0.1, 0.15) is 17.2 Å². The minimum Gasteiger partial charge on any atom is -0.346 e. The normalized spacial score (nSPS) is 14.8. The molecule has 142 valence electrons. The van der Waals surface area contributed by atoms with Gasteiger partial charge in [0.05, 0.1) is 6.04 Å². The summed E-state index contributed by atoms with van der Waals surface area (Å²) in [6.45, 7) is 3.81. The van der Waals surface area contributed by atoms with Crippen LogP contribution in [0, 0.1) is 0 Å². The Bertz CT molecular complexity index is 836. The summed E-state index contributed by atoms with van der Waals surface area (Å²) >= 11 is 5.64. The molecule has 28 heavy (non-hydrogen) atoms. The highest BCUT2D eigenvalue weighted by molar-refractivity contribution is 7.80. The topological polar surface area (TPSA) is 18.5 Å². The molecular formula is C24H25N3S. The van der Waals surface area contributed by atoms with E-state index in [0.29, 0.717) is 0 Å². The molecule has 3 aromatic carbocycles. The molecule has 0 bridgehead atoms. The quantitative estimate of drug-likeness (QED) is 0.649. The predicted octanol–water partition coefficient (Wildman–Crippen LogP) is 4.79. The number of benzene rings is 3. The lowest BCUT2D eigenvalue weighted by Crippen LogP contribution is -2.50. The number of para-hydroxylation sites is 1. The van der Waals surface area contributed by atoms with Gasteiger partial charge in [0.1, 0.15) is 0 Å². The fraction of sp³-hybridized carbons (Fsp3) is 0.208. The number of hydrogen-bond donors (Lipinski definition) is 1. The molecule has 3 nitrogen and oxygen atoms in total. The van der Waals surface area contributed by atoms with Crippen molar-refractivity contribution < 1.29 is 0 Å². The Kier molecular flexibility index (Phi) is 6.00. The molecule has 1 aliphatic heterocycles. The van der Waals surface area contributed by atoms with E-state index in [9.17, 15) is 0 Å². The molecule has 0 unspecified atom stereocenters. The van der Waals surface area contributed by atoms with Gasteiger partial charge < -0.3 is 10.2 Å². The third-order valence-corrected chi connectivity index (χ3v) is 5.58. The van der Waals surface area contributed by atoms with E-state index in [1.807, 2.05) is 30.3 Å². The van der Waals surface area contributed by atoms with Crippen LogP contribution in [0.2, 0.25) is 0 Å². The van der Waals surface area contributed by atoms with Gasteiger partial charge in [-0.05, 0) is 35.5 Å². The van der Waals surface area contributed by atoms with Gasteiger partial charge in [0.15, 0.2) is 5.11 Å². The summed E-state index contributed by atoms with van der Waals surface area (Å²) in [5.41, 5.74) is 3.72. The second kappa shape index (κ2) is 9.00. The molecule has 1 fully saturated rings. The van der Waals surface area contributed by atoms with Gasteiger partial charge in [-0.2, -0.15) is 0 Å². The van der Waals surface area contributed by atoms with E-state index in [1.54, 1.807) is 0 Å². The third kappa shape index (κ3) is 4.41. The smallest absolute Gasteiger partial charge is 0.173 e. The SMILES string of the molecule is S=C(Nc1ccccc1)N1CCN(C(c2ccccc2)c2ccccc2)CC1. The molecule has 0 radical (unpaired) electrons. The molecule has 1 heterocycles. The molecule has 0 aromatic heterocycles. The zero-order valence-electron chi connectivity index (χ0n) is 15.9. The average molecular weight is 388 g/mol. The first-order valence-corrected chi connectivity index (χ1v) is 10.2. The zero-order chi connectivity index (χ0) is 19.2. The molecule has 4 rings (SSSR count). The molecule has 1 aliphatic rings.